The van der Waals surface area contributed by atoms with Crippen molar-refractivity contribution in [2.45, 2.75) is 103 Å². The van der Waals surface area contributed by atoms with Crippen LogP contribution in [0.5, 0.6) is 11.5 Å². The molecule has 4 rings (SSSR count). The molecule has 1 aliphatic heterocycles. The number of rotatable bonds is 7. The van der Waals surface area contributed by atoms with Crippen molar-refractivity contribution in [3.63, 3.8) is 0 Å². The van der Waals surface area contributed by atoms with E-state index in [9.17, 15) is 14.7 Å². The normalized spacial score (nSPS) is 24.3. The van der Waals surface area contributed by atoms with Gasteiger partial charge in [-0.3, -0.25) is 4.79 Å². The van der Waals surface area contributed by atoms with E-state index >= 15 is 0 Å². The predicted octanol–water partition coefficient (Wildman–Crippen LogP) is 6.76. The molecule has 192 valence electrons. The first-order chi connectivity index (χ1) is 16.6. The largest absolute Gasteiger partial charge is 0.487 e. The standard InChI is InChI=1S/C29H41NO5/c1-5-9-20-15-23(34-27(33)30-18-29(17-25(31)32)12-7-6-8-13-29)26-21-14-19(2)10-11-22(21)28(3,4)35-24(26)16-20/h14-16,21-22H,5-13,17-18H2,1-4H3,(H,30,33)(H,31,32). The van der Waals surface area contributed by atoms with Gasteiger partial charge < -0.3 is 19.9 Å². The summed E-state index contributed by atoms with van der Waals surface area (Å²) in [6.45, 7) is 8.95. The molecule has 1 fully saturated rings. The summed E-state index contributed by atoms with van der Waals surface area (Å²) in [4.78, 5) is 24.6. The number of hydrogen-bond acceptors (Lipinski definition) is 4. The third kappa shape index (κ3) is 5.68. The highest BCUT2D eigenvalue weighted by Gasteiger charge is 2.45. The Bertz CT molecular complexity index is 989. The van der Waals surface area contributed by atoms with Crippen molar-refractivity contribution in [1.29, 1.82) is 0 Å². The highest BCUT2D eigenvalue weighted by molar-refractivity contribution is 5.72. The van der Waals surface area contributed by atoms with Gasteiger partial charge in [-0.25, -0.2) is 4.79 Å². The number of carboxylic acids is 1. The SMILES string of the molecule is CCCc1cc(OC(=O)NCC2(CC(=O)O)CCCCC2)c2c(c1)OC(C)(C)C1CCC(C)=CC21. The lowest BCUT2D eigenvalue weighted by Gasteiger charge is -2.46. The molecule has 1 aromatic carbocycles. The number of carboxylic acid groups (broad SMARTS) is 1. The smallest absolute Gasteiger partial charge is 0.412 e. The van der Waals surface area contributed by atoms with Gasteiger partial charge in [0.2, 0.25) is 0 Å². The predicted molar refractivity (Wildman–Crippen MR) is 136 cm³/mol. The first-order valence-corrected chi connectivity index (χ1v) is 13.3. The first-order valence-electron chi connectivity index (χ1n) is 13.3. The lowest BCUT2D eigenvalue weighted by molar-refractivity contribution is -0.140. The van der Waals surface area contributed by atoms with E-state index in [2.05, 4.69) is 45.2 Å². The highest BCUT2D eigenvalue weighted by atomic mass is 16.6. The molecule has 1 aromatic rings. The van der Waals surface area contributed by atoms with Crippen molar-refractivity contribution in [2.24, 2.45) is 11.3 Å². The van der Waals surface area contributed by atoms with Gasteiger partial charge in [0.15, 0.2) is 0 Å². The maximum Gasteiger partial charge on any atom is 0.412 e. The number of hydrogen-bond donors (Lipinski definition) is 2. The van der Waals surface area contributed by atoms with Crippen LogP contribution in [0.15, 0.2) is 23.8 Å². The Morgan fingerprint density at radius 3 is 2.63 bits per heavy atom. The van der Waals surface area contributed by atoms with Crippen LogP contribution >= 0.6 is 0 Å². The van der Waals surface area contributed by atoms with Gasteiger partial charge >= 0.3 is 12.1 Å². The van der Waals surface area contributed by atoms with E-state index in [1.165, 1.54) is 5.57 Å². The van der Waals surface area contributed by atoms with Crippen molar-refractivity contribution in [1.82, 2.24) is 5.32 Å². The van der Waals surface area contributed by atoms with Crippen LogP contribution in [0.25, 0.3) is 0 Å². The number of benzene rings is 1. The molecule has 1 saturated carbocycles. The first kappa shape index (κ1) is 25.6. The molecule has 6 heteroatoms. The summed E-state index contributed by atoms with van der Waals surface area (Å²) >= 11 is 0. The summed E-state index contributed by atoms with van der Waals surface area (Å²) < 4.78 is 12.5. The fraction of sp³-hybridized carbons (Fsp3) is 0.655. The average molecular weight is 484 g/mol. The van der Waals surface area contributed by atoms with Gasteiger partial charge in [-0.15, -0.1) is 0 Å². The van der Waals surface area contributed by atoms with Crippen molar-refractivity contribution in [2.75, 3.05) is 6.54 Å². The van der Waals surface area contributed by atoms with Gasteiger partial charge in [0, 0.05) is 23.9 Å². The monoisotopic (exact) mass is 483 g/mol. The summed E-state index contributed by atoms with van der Waals surface area (Å²) in [6, 6.07) is 4.11. The van der Waals surface area contributed by atoms with E-state index in [1.54, 1.807) is 0 Å². The Kier molecular flexibility index (Phi) is 7.48. The minimum absolute atomic E-state index is 0.0748. The molecular formula is C29H41NO5. The fourth-order valence-electron chi connectivity index (χ4n) is 6.51. The molecule has 6 nitrogen and oxygen atoms in total. The second-order valence-corrected chi connectivity index (χ2v) is 11.5. The van der Waals surface area contributed by atoms with Gasteiger partial charge in [-0.2, -0.15) is 0 Å². The van der Waals surface area contributed by atoms with Crippen LogP contribution < -0.4 is 14.8 Å². The summed E-state index contributed by atoms with van der Waals surface area (Å²) in [5.41, 5.74) is 2.71. The molecule has 0 bridgehead atoms. The minimum atomic E-state index is -0.811. The Morgan fingerprint density at radius 2 is 1.94 bits per heavy atom. The zero-order chi connectivity index (χ0) is 25.2. The summed E-state index contributed by atoms with van der Waals surface area (Å²) in [5, 5.41) is 12.4. The molecule has 0 saturated heterocycles. The molecule has 3 aliphatic rings. The molecule has 0 spiro atoms. The third-order valence-electron chi connectivity index (χ3n) is 8.30. The summed E-state index contributed by atoms with van der Waals surface area (Å²) in [6.07, 6.45) is 10.6. The summed E-state index contributed by atoms with van der Waals surface area (Å²) in [7, 11) is 0. The number of nitrogens with one attached hydrogen (secondary N) is 1. The van der Waals surface area contributed by atoms with E-state index in [-0.39, 0.29) is 17.9 Å². The topological polar surface area (TPSA) is 84.9 Å². The zero-order valence-electron chi connectivity index (χ0n) is 21.7. The Labute approximate surface area is 209 Å². The van der Waals surface area contributed by atoms with Crippen LogP contribution in [-0.4, -0.2) is 29.3 Å². The Balaban J connectivity index is 1.61. The lowest BCUT2D eigenvalue weighted by atomic mass is 9.68. The van der Waals surface area contributed by atoms with Gasteiger partial charge in [-0.05, 0) is 76.0 Å². The van der Waals surface area contributed by atoms with Crippen LogP contribution in [0, 0.1) is 11.3 Å². The lowest BCUT2D eigenvalue weighted by Crippen LogP contribution is -2.45. The molecule has 0 radical (unpaired) electrons. The minimum Gasteiger partial charge on any atom is -0.487 e. The maximum atomic E-state index is 13.1. The summed E-state index contributed by atoms with van der Waals surface area (Å²) in [5.74, 6) is 1.01. The number of aliphatic carboxylic acids is 1. The maximum absolute atomic E-state index is 13.1. The number of carbonyl (C=O) groups is 2. The number of amides is 1. The highest BCUT2D eigenvalue weighted by Crippen LogP contribution is 2.53. The number of fused-ring (bicyclic) bond motifs is 3. The van der Waals surface area contributed by atoms with E-state index in [4.69, 9.17) is 9.47 Å². The van der Waals surface area contributed by atoms with E-state index in [1.807, 2.05) is 6.07 Å². The molecule has 2 atom stereocenters. The van der Waals surface area contributed by atoms with E-state index < -0.39 is 17.5 Å². The van der Waals surface area contributed by atoms with Crippen LogP contribution in [0.2, 0.25) is 0 Å². The van der Waals surface area contributed by atoms with Gasteiger partial charge in [-0.1, -0.05) is 44.3 Å². The Morgan fingerprint density at radius 1 is 1.20 bits per heavy atom. The zero-order valence-corrected chi connectivity index (χ0v) is 21.7. The van der Waals surface area contributed by atoms with E-state index in [0.29, 0.717) is 18.2 Å². The van der Waals surface area contributed by atoms with Crippen molar-refractivity contribution in [3.8, 4) is 11.5 Å². The molecule has 2 N–H and O–H groups in total. The molecule has 2 unspecified atom stereocenters. The van der Waals surface area contributed by atoms with Gasteiger partial charge in [0.25, 0.3) is 0 Å². The van der Waals surface area contributed by atoms with Crippen LogP contribution in [-0.2, 0) is 11.2 Å². The van der Waals surface area contributed by atoms with E-state index in [0.717, 1.165) is 74.7 Å². The second-order valence-electron chi connectivity index (χ2n) is 11.5. The third-order valence-corrected chi connectivity index (χ3v) is 8.30. The van der Waals surface area contributed by atoms with Crippen molar-refractivity contribution in [3.05, 3.63) is 34.9 Å². The number of carbonyl (C=O) groups excluding carboxylic acids is 1. The number of ether oxygens (including phenoxy) is 2. The van der Waals surface area contributed by atoms with Crippen molar-refractivity contribution >= 4 is 12.1 Å². The number of aryl methyl sites for hydroxylation is 1. The van der Waals surface area contributed by atoms with Crippen molar-refractivity contribution < 1.29 is 24.2 Å². The molecule has 1 amide bonds. The average Bonchev–Trinajstić information content (AvgIpc) is 2.77. The molecular weight excluding hydrogens is 442 g/mol. The quantitative estimate of drug-likeness (QED) is 0.418. The van der Waals surface area contributed by atoms with Crippen LogP contribution in [0.1, 0.15) is 103 Å². The van der Waals surface area contributed by atoms with Gasteiger partial charge in [0.1, 0.15) is 17.1 Å². The number of allylic oxidation sites excluding steroid dienone is 2. The van der Waals surface area contributed by atoms with Gasteiger partial charge in [0.05, 0.1) is 6.42 Å². The molecule has 35 heavy (non-hydrogen) atoms. The Hall–Kier alpha value is -2.50. The molecule has 2 aliphatic carbocycles. The van der Waals surface area contributed by atoms with Crippen LogP contribution in [0.4, 0.5) is 4.79 Å². The van der Waals surface area contributed by atoms with Crippen LogP contribution in [0.3, 0.4) is 0 Å². The second kappa shape index (κ2) is 10.2. The molecule has 1 heterocycles. The fourth-order valence-corrected chi connectivity index (χ4v) is 6.51. The molecule has 0 aromatic heterocycles.